The Labute approximate surface area is 77.2 Å². The molecule has 0 spiro atoms. The molecule has 0 saturated carbocycles. The Kier molecular flexibility index (Phi) is 4.41. The van der Waals surface area contributed by atoms with Crippen molar-refractivity contribution in [1.29, 1.82) is 0 Å². The summed E-state index contributed by atoms with van der Waals surface area (Å²) in [4.78, 5) is 0. The van der Waals surface area contributed by atoms with Gasteiger partial charge < -0.3 is 9.16 Å². The third-order valence-corrected chi connectivity index (χ3v) is 2.12. The second kappa shape index (κ2) is 4.43. The van der Waals surface area contributed by atoms with Crippen LogP contribution < -0.4 is 0 Å². The van der Waals surface area contributed by atoms with Crippen LogP contribution in [0.25, 0.3) is 0 Å². The van der Waals surface area contributed by atoms with Gasteiger partial charge in [-0.05, 0) is 19.6 Å². The molecule has 13 heavy (non-hydrogen) atoms. The number of ether oxygens (including phenoxy) is 1. The minimum atomic E-state index is -4.24. The molecule has 0 aliphatic carbocycles. The number of alkyl halides is 3. The largest absolute Gasteiger partial charge is 0.393 e. The predicted molar refractivity (Wildman–Crippen MR) is 45.9 cm³/mol. The molecular weight excluding hydrogens is 201 g/mol. The molecule has 6 heteroatoms. The van der Waals surface area contributed by atoms with Gasteiger partial charge in [0.05, 0.1) is 6.42 Å². The molecule has 0 aromatic carbocycles. The van der Waals surface area contributed by atoms with Gasteiger partial charge in [-0.2, -0.15) is 13.2 Å². The van der Waals surface area contributed by atoms with Crippen molar-refractivity contribution in [3.05, 3.63) is 0 Å². The van der Waals surface area contributed by atoms with Crippen LogP contribution in [0, 0.1) is 0 Å². The van der Waals surface area contributed by atoms with Crippen LogP contribution in [0.1, 0.15) is 6.42 Å². The van der Waals surface area contributed by atoms with Gasteiger partial charge in [0.2, 0.25) is 0 Å². The van der Waals surface area contributed by atoms with E-state index >= 15 is 0 Å². The summed E-state index contributed by atoms with van der Waals surface area (Å²) in [6, 6.07) is 0. The number of hydrogen-bond acceptors (Lipinski definition) is 2. The molecule has 0 radical (unpaired) electrons. The number of rotatable bonds is 4. The number of hydrogen-bond donors (Lipinski definition) is 0. The van der Waals surface area contributed by atoms with E-state index in [-0.39, 0.29) is 0 Å². The molecule has 0 fully saturated rings. The Morgan fingerprint density at radius 3 is 1.92 bits per heavy atom. The highest BCUT2D eigenvalue weighted by atomic mass is 28.4. The molecular formula is C7H15F3O2Si. The highest BCUT2D eigenvalue weighted by Crippen LogP contribution is 2.24. The zero-order valence-corrected chi connectivity index (χ0v) is 9.23. The van der Waals surface area contributed by atoms with Crippen molar-refractivity contribution >= 4 is 8.32 Å². The van der Waals surface area contributed by atoms with Crippen LogP contribution in [-0.4, -0.2) is 27.9 Å². The first-order valence-corrected chi connectivity index (χ1v) is 7.32. The lowest BCUT2D eigenvalue weighted by Gasteiger charge is -2.25. The third kappa shape index (κ3) is 8.26. The van der Waals surface area contributed by atoms with Crippen molar-refractivity contribution in [1.82, 2.24) is 0 Å². The lowest BCUT2D eigenvalue weighted by Crippen LogP contribution is -2.35. The summed E-state index contributed by atoms with van der Waals surface area (Å²) in [7, 11) is -0.747. The average molecular weight is 216 g/mol. The minimum Gasteiger partial charge on any atom is -0.393 e. The SMILES string of the molecule is COC(CC(F)(F)F)O[Si](C)(C)C. The van der Waals surface area contributed by atoms with Crippen LogP contribution in [0.5, 0.6) is 0 Å². The van der Waals surface area contributed by atoms with Gasteiger partial charge in [-0.25, -0.2) is 0 Å². The van der Waals surface area contributed by atoms with Crippen LogP contribution in [0.4, 0.5) is 13.2 Å². The van der Waals surface area contributed by atoms with E-state index in [9.17, 15) is 13.2 Å². The van der Waals surface area contributed by atoms with E-state index in [1.165, 1.54) is 7.11 Å². The smallest absolute Gasteiger partial charge is 0.393 e. The first-order chi connectivity index (χ1) is 5.64. The van der Waals surface area contributed by atoms with Gasteiger partial charge in [-0.1, -0.05) is 0 Å². The lowest BCUT2D eigenvalue weighted by molar-refractivity contribution is -0.191. The first kappa shape index (κ1) is 12.9. The Hall–Kier alpha value is -0.0731. The molecule has 0 saturated heterocycles. The summed E-state index contributed by atoms with van der Waals surface area (Å²) >= 11 is 0. The highest BCUT2D eigenvalue weighted by Gasteiger charge is 2.34. The molecule has 0 aromatic heterocycles. The zero-order chi connectivity index (χ0) is 10.7. The summed E-state index contributed by atoms with van der Waals surface area (Å²) in [5, 5.41) is 0. The van der Waals surface area contributed by atoms with Crippen molar-refractivity contribution in [3.63, 3.8) is 0 Å². The minimum absolute atomic E-state index is 1.05. The first-order valence-electron chi connectivity index (χ1n) is 3.91. The summed E-state index contributed by atoms with van der Waals surface area (Å²) < 4.78 is 45.5. The van der Waals surface area contributed by atoms with E-state index in [1.54, 1.807) is 0 Å². The Balaban J connectivity index is 4.05. The second-order valence-electron chi connectivity index (χ2n) is 3.71. The normalized spacial score (nSPS) is 15.9. The van der Waals surface area contributed by atoms with Crippen molar-refractivity contribution in [3.8, 4) is 0 Å². The second-order valence-corrected chi connectivity index (χ2v) is 8.18. The molecule has 0 N–H and O–H groups in total. The Morgan fingerprint density at radius 2 is 1.69 bits per heavy atom. The molecule has 0 heterocycles. The van der Waals surface area contributed by atoms with E-state index in [4.69, 9.17) is 4.43 Å². The zero-order valence-electron chi connectivity index (χ0n) is 8.23. The van der Waals surface area contributed by atoms with Crippen molar-refractivity contribution in [2.75, 3.05) is 7.11 Å². The molecule has 0 aliphatic heterocycles. The van der Waals surface area contributed by atoms with Crippen LogP contribution in [-0.2, 0) is 9.16 Å². The Bertz CT molecular complexity index is 137. The van der Waals surface area contributed by atoms with E-state index in [2.05, 4.69) is 4.74 Å². The van der Waals surface area contributed by atoms with Gasteiger partial charge in [0, 0.05) is 7.11 Å². The monoisotopic (exact) mass is 216 g/mol. The maximum atomic E-state index is 11.9. The quantitative estimate of drug-likeness (QED) is 0.531. The van der Waals surface area contributed by atoms with Gasteiger partial charge in [-0.15, -0.1) is 0 Å². The fourth-order valence-electron chi connectivity index (χ4n) is 0.756. The van der Waals surface area contributed by atoms with E-state index in [1.807, 2.05) is 19.6 Å². The summed E-state index contributed by atoms with van der Waals surface area (Å²) in [5.74, 6) is 0. The van der Waals surface area contributed by atoms with Crippen LogP contribution >= 0.6 is 0 Å². The third-order valence-electron chi connectivity index (χ3n) is 1.15. The molecule has 0 amide bonds. The maximum Gasteiger partial charge on any atom is 0.393 e. The summed E-state index contributed by atoms with van der Waals surface area (Å²) in [6.07, 6.45) is -6.44. The number of halogens is 3. The average Bonchev–Trinajstić information content (AvgIpc) is 1.79. The molecule has 80 valence electrons. The van der Waals surface area contributed by atoms with Crippen molar-refractivity contribution in [2.45, 2.75) is 38.5 Å². The highest BCUT2D eigenvalue weighted by molar-refractivity contribution is 6.69. The topological polar surface area (TPSA) is 18.5 Å². The molecule has 1 atom stereocenters. The van der Waals surface area contributed by atoms with E-state index < -0.39 is 27.2 Å². The van der Waals surface area contributed by atoms with Crippen molar-refractivity contribution in [2.24, 2.45) is 0 Å². The van der Waals surface area contributed by atoms with Crippen LogP contribution in [0.3, 0.4) is 0 Å². The molecule has 0 aromatic rings. The number of methoxy groups -OCH3 is 1. The summed E-state index contributed by atoms with van der Waals surface area (Å²) in [6.45, 7) is 5.44. The van der Waals surface area contributed by atoms with Crippen molar-refractivity contribution < 1.29 is 22.3 Å². The molecule has 1 unspecified atom stereocenters. The van der Waals surface area contributed by atoms with E-state index in [0.717, 1.165) is 0 Å². The van der Waals surface area contributed by atoms with Gasteiger partial charge in [0.1, 0.15) is 0 Å². The maximum absolute atomic E-state index is 11.9. The van der Waals surface area contributed by atoms with Crippen LogP contribution in [0.15, 0.2) is 0 Å². The molecule has 0 bridgehead atoms. The predicted octanol–water partition coefficient (Wildman–Crippen LogP) is 2.76. The van der Waals surface area contributed by atoms with E-state index in [0.29, 0.717) is 0 Å². The van der Waals surface area contributed by atoms with Gasteiger partial charge in [0.25, 0.3) is 0 Å². The van der Waals surface area contributed by atoms with Crippen LogP contribution in [0.2, 0.25) is 19.6 Å². The van der Waals surface area contributed by atoms with Gasteiger partial charge in [0.15, 0.2) is 14.6 Å². The molecule has 2 nitrogen and oxygen atoms in total. The molecule has 0 aliphatic rings. The fourth-order valence-corrected chi connectivity index (χ4v) is 1.72. The van der Waals surface area contributed by atoms with Gasteiger partial charge in [-0.3, -0.25) is 0 Å². The Morgan fingerprint density at radius 1 is 1.23 bits per heavy atom. The fraction of sp³-hybridized carbons (Fsp3) is 1.00. The standard InChI is InChI=1S/C7H15F3O2Si/c1-11-6(5-7(8,9)10)12-13(2,3)4/h6H,5H2,1-4H3. The lowest BCUT2D eigenvalue weighted by atomic mass is 10.4. The summed E-state index contributed by atoms with van der Waals surface area (Å²) in [5.41, 5.74) is 0. The molecule has 0 rings (SSSR count). The van der Waals surface area contributed by atoms with Gasteiger partial charge >= 0.3 is 6.18 Å².